The Labute approximate surface area is 187 Å². The number of nitrogens with zero attached hydrogens (tertiary/aromatic N) is 4. The van der Waals surface area contributed by atoms with E-state index in [1.54, 1.807) is 6.20 Å². The molecule has 7 nitrogen and oxygen atoms in total. The van der Waals surface area contributed by atoms with Crippen molar-refractivity contribution in [3.8, 4) is 11.8 Å². The van der Waals surface area contributed by atoms with Gasteiger partial charge >= 0.3 is 5.97 Å². The normalized spacial score (nSPS) is 18.4. The molecule has 168 valence electrons. The lowest BCUT2D eigenvalue weighted by Crippen LogP contribution is -2.31. The van der Waals surface area contributed by atoms with Crippen LogP contribution in [0, 0.1) is 28.9 Å². The molecule has 0 spiro atoms. The molecule has 1 aliphatic rings. The molecule has 0 unspecified atom stereocenters. The largest absolute Gasteiger partial charge is 0.481 e. The molecule has 33 heavy (non-hydrogen) atoms. The van der Waals surface area contributed by atoms with E-state index in [0.29, 0.717) is 35.2 Å². The molecule has 1 aliphatic carbocycles. The van der Waals surface area contributed by atoms with E-state index in [-0.39, 0.29) is 12.3 Å². The molecule has 3 aromatic heterocycles. The lowest BCUT2D eigenvalue weighted by atomic mass is 9.68. The summed E-state index contributed by atoms with van der Waals surface area (Å²) in [6, 6.07) is 7.81. The molecule has 0 aliphatic heterocycles. The summed E-state index contributed by atoms with van der Waals surface area (Å²) < 4.78 is 29.9. The van der Waals surface area contributed by atoms with Gasteiger partial charge < -0.3 is 9.67 Å². The second-order valence-corrected chi connectivity index (χ2v) is 9.28. The van der Waals surface area contributed by atoms with Crippen LogP contribution in [0.15, 0.2) is 30.5 Å². The number of aliphatic carboxylic acids is 1. The molecule has 9 heteroatoms. The summed E-state index contributed by atoms with van der Waals surface area (Å²) in [7, 11) is 0. The highest BCUT2D eigenvalue weighted by atomic mass is 19.2. The van der Waals surface area contributed by atoms with Gasteiger partial charge in [-0.05, 0) is 37.0 Å². The van der Waals surface area contributed by atoms with E-state index in [4.69, 9.17) is 4.98 Å². The maximum atomic E-state index is 14.3. The van der Waals surface area contributed by atoms with Crippen molar-refractivity contribution in [3.63, 3.8) is 0 Å². The first kappa shape index (κ1) is 21.1. The van der Waals surface area contributed by atoms with Gasteiger partial charge in [-0.3, -0.25) is 9.89 Å². The number of halogens is 2. The SMILES string of the molecule is CC(C)(CC#N)c1c(C2CC(C(=O)O)C2)c2nc3[nH]ncc3cc2n1-c1ccc(F)c(F)c1. The van der Waals surface area contributed by atoms with Crippen LogP contribution in [0.3, 0.4) is 0 Å². The van der Waals surface area contributed by atoms with Crippen LogP contribution in [0.2, 0.25) is 0 Å². The third kappa shape index (κ3) is 3.25. The first-order chi connectivity index (χ1) is 15.7. The van der Waals surface area contributed by atoms with E-state index in [2.05, 4.69) is 16.3 Å². The second kappa shape index (κ2) is 7.37. The molecule has 1 fully saturated rings. The number of carbonyl (C=O) groups is 1. The Hall–Kier alpha value is -3.80. The van der Waals surface area contributed by atoms with Crippen molar-refractivity contribution < 1.29 is 18.7 Å². The predicted octanol–water partition coefficient (Wildman–Crippen LogP) is 4.95. The van der Waals surface area contributed by atoms with Crippen molar-refractivity contribution in [1.82, 2.24) is 19.7 Å². The van der Waals surface area contributed by atoms with Crippen LogP contribution >= 0.6 is 0 Å². The maximum absolute atomic E-state index is 14.3. The van der Waals surface area contributed by atoms with Crippen LogP contribution in [0.1, 0.15) is 50.3 Å². The Balaban J connectivity index is 1.87. The van der Waals surface area contributed by atoms with Crippen LogP contribution in [0.25, 0.3) is 27.8 Å². The molecule has 0 saturated heterocycles. The van der Waals surface area contributed by atoms with Crippen molar-refractivity contribution >= 4 is 28.0 Å². The summed E-state index contributed by atoms with van der Waals surface area (Å²) in [6.45, 7) is 3.84. The number of fused-ring (bicyclic) bond motifs is 2. The molecule has 1 saturated carbocycles. The fraction of sp³-hybridized carbons (Fsp3) is 0.333. The zero-order valence-electron chi connectivity index (χ0n) is 18.1. The number of aromatic nitrogens is 4. The lowest BCUT2D eigenvalue weighted by Gasteiger charge is -2.35. The van der Waals surface area contributed by atoms with Gasteiger partial charge in [-0.2, -0.15) is 10.4 Å². The average molecular weight is 449 g/mol. The van der Waals surface area contributed by atoms with E-state index < -0.39 is 28.9 Å². The smallest absolute Gasteiger partial charge is 0.306 e. The Kier molecular flexibility index (Phi) is 4.71. The maximum Gasteiger partial charge on any atom is 0.306 e. The van der Waals surface area contributed by atoms with E-state index in [1.165, 1.54) is 6.07 Å². The number of H-pyrrole nitrogens is 1. The van der Waals surface area contributed by atoms with Gasteiger partial charge in [-0.25, -0.2) is 13.8 Å². The predicted molar refractivity (Wildman–Crippen MR) is 117 cm³/mol. The Morgan fingerprint density at radius 3 is 2.73 bits per heavy atom. The number of carboxylic acid groups (broad SMARTS) is 1. The number of aromatic amines is 1. The number of nitrogens with one attached hydrogen (secondary N) is 1. The summed E-state index contributed by atoms with van der Waals surface area (Å²) in [6.07, 6.45) is 2.71. The third-order valence-corrected chi connectivity index (χ3v) is 6.60. The fourth-order valence-electron chi connectivity index (χ4n) is 4.87. The number of rotatable bonds is 5. The van der Waals surface area contributed by atoms with Crippen molar-refractivity contribution in [2.45, 2.75) is 44.4 Å². The van der Waals surface area contributed by atoms with Gasteiger partial charge in [0.1, 0.15) is 0 Å². The Morgan fingerprint density at radius 2 is 2.06 bits per heavy atom. The number of nitriles is 1. The number of carboxylic acids is 1. The Bertz CT molecular complexity index is 1460. The van der Waals surface area contributed by atoms with Gasteiger partial charge in [-0.1, -0.05) is 13.8 Å². The van der Waals surface area contributed by atoms with Crippen LogP contribution < -0.4 is 0 Å². The van der Waals surface area contributed by atoms with Crippen LogP contribution in [-0.4, -0.2) is 30.8 Å². The van der Waals surface area contributed by atoms with Gasteiger partial charge in [0.15, 0.2) is 17.3 Å². The third-order valence-electron chi connectivity index (χ3n) is 6.60. The molecule has 0 amide bonds. The van der Waals surface area contributed by atoms with Gasteiger partial charge in [0, 0.05) is 40.2 Å². The molecule has 0 bridgehead atoms. The molecule has 5 rings (SSSR count). The molecular formula is C24H21F2N5O2. The molecule has 2 N–H and O–H groups in total. The van der Waals surface area contributed by atoms with Gasteiger partial charge in [0.25, 0.3) is 0 Å². The topological polar surface area (TPSA) is 108 Å². The van der Waals surface area contributed by atoms with E-state index >= 15 is 0 Å². The molecule has 0 radical (unpaired) electrons. The van der Waals surface area contributed by atoms with Crippen LogP contribution in [0.5, 0.6) is 0 Å². The van der Waals surface area contributed by atoms with Gasteiger partial charge in [0.05, 0.1) is 29.2 Å². The number of hydrogen-bond donors (Lipinski definition) is 2. The van der Waals surface area contributed by atoms with E-state index in [9.17, 15) is 23.9 Å². The minimum Gasteiger partial charge on any atom is -0.481 e. The molecule has 3 heterocycles. The molecule has 4 aromatic rings. The summed E-state index contributed by atoms with van der Waals surface area (Å²) >= 11 is 0. The van der Waals surface area contributed by atoms with Crippen LogP contribution in [0.4, 0.5) is 8.78 Å². The molecular weight excluding hydrogens is 428 g/mol. The van der Waals surface area contributed by atoms with Crippen LogP contribution in [-0.2, 0) is 10.2 Å². The van der Waals surface area contributed by atoms with Crippen molar-refractivity contribution in [3.05, 3.63) is 53.4 Å². The Morgan fingerprint density at radius 1 is 1.30 bits per heavy atom. The van der Waals surface area contributed by atoms with Crippen molar-refractivity contribution in [1.29, 1.82) is 5.26 Å². The zero-order chi connectivity index (χ0) is 23.5. The summed E-state index contributed by atoms with van der Waals surface area (Å²) in [4.78, 5) is 16.3. The average Bonchev–Trinajstić information content (AvgIpc) is 3.29. The molecule has 0 atom stereocenters. The van der Waals surface area contributed by atoms with E-state index in [0.717, 1.165) is 28.8 Å². The zero-order valence-corrected chi connectivity index (χ0v) is 18.1. The first-order valence-electron chi connectivity index (χ1n) is 10.7. The monoisotopic (exact) mass is 449 g/mol. The first-order valence-corrected chi connectivity index (χ1v) is 10.7. The highest BCUT2D eigenvalue weighted by Gasteiger charge is 2.42. The standard InChI is InChI=1S/C24H21F2N5O2/c1-24(2,5-6-27)21-19(12-7-13(8-12)23(32)33)20-18(9-14-11-28-30-22(14)29-20)31(21)15-3-4-16(25)17(26)10-15/h3-4,9-13H,5,7-8H2,1-2H3,(H,32,33)(H,28,29,30). The van der Waals surface area contributed by atoms with Crippen molar-refractivity contribution in [2.75, 3.05) is 0 Å². The van der Waals surface area contributed by atoms with Crippen molar-refractivity contribution in [2.24, 2.45) is 5.92 Å². The summed E-state index contributed by atoms with van der Waals surface area (Å²) in [5, 5.41) is 26.6. The second-order valence-electron chi connectivity index (χ2n) is 9.28. The quantitative estimate of drug-likeness (QED) is 0.448. The van der Waals surface area contributed by atoms with Gasteiger partial charge in [-0.15, -0.1) is 0 Å². The fourth-order valence-corrected chi connectivity index (χ4v) is 4.87. The highest BCUT2D eigenvalue weighted by molar-refractivity contribution is 5.94. The molecule has 1 aromatic carbocycles. The minimum atomic E-state index is -0.980. The van der Waals surface area contributed by atoms with Gasteiger partial charge in [0.2, 0.25) is 0 Å². The lowest BCUT2D eigenvalue weighted by molar-refractivity contribution is -0.145. The minimum absolute atomic E-state index is 0.0824. The summed E-state index contributed by atoms with van der Waals surface area (Å²) in [5.41, 5.74) is 3.23. The highest BCUT2D eigenvalue weighted by Crippen LogP contribution is 2.50. The summed E-state index contributed by atoms with van der Waals surface area (Å²) in [5.74, 6) is -3.29. The van der Waals surface area contributed by atoms with E-state index in [1.807, 2.05) is 24.5 Å². The number of benzene rings is 1. The number of hydrogen-bond acceptors (Lipinski definition) is 4. The number of pyridine rings is 1.